The molecule has 0 bridgehead atoms. The van der Waals surface area contributed by atoms with E-state index >= 15 is 0 Å². The van der Waals surface area contributed by atoms with Gasteiger partial charge in [-0.1, -0.05) is 0 Å². The van der Waals surface area contributed by atoms with Gasteiger partial charge in [0.05, 0.1) is 22.6 Å². The highest BCUT2D eigenvalue weighted by molar-refractivity contribution is 6.07. The maximum absolute atomic E-state index is 12.4. The number of carbonyl (C=O) groups excluding carboxylic acids is 1. The lowest BCUT2D eigenvalue weighted by molar-refractivity contribution is 0.102. The molecule has 1 N–H and O–H groups in total. The van der Waals surface area contributed by atoms with E-state index in [9.17, 15) is 4.79 Å². The third-order valence-corrected chi connectivity index (χ3v) is 4.19. The minimum Gasteiger partial charge on any atom is -0.320 e. The van der Waals surface area contributed by atoms with Gasteiger partial charge in [0, 0.05) is 18.3 Å². The Bertz CT molecular complexity index is 707. The first-order valence-corrected chi connectivity index (χ1v) is 6.97. The first kappa shape index (κ1) is 11.6. The number of amides is 1. The van der Waals surface area contributed by atoms with Gasteiger partial charge in [0.1, 0.15) is 0 Å². The van der Waals surface area contributed by atoms with E-state index in [1.54, 1.807) is 6.20 Å². The normalized spacial score (nSPS) is 20.6. The Hall–Kier alpha value is -2.23. The van der Waals surface area contributed by atoms with Gasteiger partial charge in [-0.05, 0) is 49.4 Å². The van der Waals surface area contributed by atoms with Gasteiger partial charge in [-0.15, -0.1) is 0 Å². The summed E-state index contributed by atoms with van der Waals surface area (Å²) in [5.41, 5.74) is 4.46. The third kappa shape index (κ3) is 1.64. The molecule has 0 saturated heterocycles. The largest absolute Gasteiger partial charge is 0.320 e. The highest BCUT2D eigenvalue weighted by atomic mass is 16.1. The predicted octanol–water partition coefficient (Wildman–Crippen LogP) is 2.89. The van der Waals surface area contributed by atoms with Crippen LogP contribution in [0.5, 0.6) is 0 Å². The molecule has 1 saturated carbocycles. The van der Waals surface area contributed by atoms with Crippen molar-refractivity contribution in [2.75, 3.05) is 5.32 Å². The number of pyridine rings is 2. The SMILES string of the molecule is Cc1ccnc2c1NC(=O)c1cccnc1C2C1CC1. The fraction of sp³-hybridized carbons (Fsp3) is 0.312. The zero-order chi connectivity index (χ0) is 13.7. The number of rotatable bonds is 1. The Morgan fingerprint density at radius 2 is 1.95 bits per heavy atom. The average molecular weight is 265 g/mol. The highest BCUT2D eigenvalue weighted by Crippen LogP contribution is 2.49. The molecule has 3 heterocycles. The number of aryl methyl sites for hydroxylation is 1. The number of hydrogen-bond acceptors (Lipinski definition) is 3. The molecule has 2 aliphatic rings. The van der Waals surface area contributed by atoms with Crippen LogP contribution in [0.1, 0.15) is 46.1 Å². The van der Waals surface area contributed by atoms with Gasteiger partial charge in [0.25, 0.3) is 5.91 Å². The highest BCUT2D eigenvalue weighted by Gasteiger charge is 2.40. The van der Waals surface area contributed by atoms with Crippen molar-refractivity contribution < 1.29 is 4.79 Å². The molecule has 0 radical (unpaired) electrons. The fourth-order valence-corrected chi connectivity index (χ4v) is 3.02. The van der Waals surface area contributed by atoms with Crippen molar-refractivity contribution in [2.45, 2.75) is 25.7 Å². The lowest BCUT2D eigenvalue weighted by atomic mass is 9.91. The molecule has 4 heteroatoms. The summed E-state index contributed by atoms with van der Waals surface area (Å²) in [5, 5.41) is 3.02. The second-order valence-electron chi connectivity index (χ2n) is 5.59. The van der Waals surface area contributed by atoms with Gasteiger partial charge < -0.3 is 5.32 Å². The number of aromatic nitrogens is 2. The fourth-order valence-electron chi connectivity index (χ4n) is 3.02. The molecule has 1 aliphatic carbocycles. The molecule has 2 aromatic heterocycles. The summed E-state index contributed by atoms with van der Waals surface area (Å²) in [5.74, 6) is 0.623. The standard InChI is InChI=1S/C16H15N3O/c1-9-6-8-18-15-12(10-4-5-10)14-11(3-2-7-17-14)16(20)19-13(9)15/h2-3,6-8,10,12H,4-5H2,1H3,(H,19,20). The number of fused-ring (bicyclic) bond motifs is 2. The summed E-state index contributed by atoms with van der Waals surface area (Å²) < 4.78 is 0. The molecule has 4 rings (SSSR count). The number of nitrogens with one attached hydrogen (secondary N) is 1. The van der Waals surface area contributed by atoms with E-state index < -0.39 is 0 Å². The van der Waals surface area contributed by atoms with Crippen LogP contribution in [0.25, 0.3) is 0 Å². The van der Waals surface area contributed by atoms with E-state index in [-0.39, 0.29) is 11.8 Å². The van der Waals surface area contributed by atoms with Crippen LogP contribution in [0.2, 0.25) is 0 Å². The van der Waals surface area contributed by atoms with Crippen LogP contribution in [0, 0.1) is 12.8 Å². The molecule has 1 amide bonds. The Morgan fingerprint density at radius 3 is 2.75 bits per heavy atom. The molecular weight excluding hydrogens is 250 g/mol. The molecule has 0 aromatic carbocycles. The van der Waals surface area contributed by atoms with E-state index in [0.717, 1.165) is 22.6 Å². The Kier molecular flexibility index (Phi) is 2.39. The van der Waals surface area contributed by atoms with Crippen molar-refractivity contribution in [3.05, 3.63) is 53.1 Å². The van der Waals surface area contributed by atoms with Crippen LogP contribution >= 0.6 is 0 Å². The van der Waals surface area contributed by atoms with Gasteiger partial charge in [-0.3, -0.25) is 14.8 Å². The number of hydrogen-bond donors (Lipinski definition) is 1. The molecule has 4 nitrogen and oxygen atoms in total. The summed E-state index contributed by atoms with van der Waals surface area (Å²) in [6.07, 6.45) is 5.96. The molecule has 0 spiro atoms. The molecule has 1 atom stereocenters. The molecule has 1 fully saturated rings. The molecule has 100 valence electrons. The van der Waals surface area contributed by atoms with Crippen LogP contribution in [0.15, 0.2) is 30.6 Å². The molecule has 20 heavy (non-hydrogen) atoms. The van der Waals surface area contributed by atoms with Crippen LogP contribution < -0.4 is 5.32 Å². The van der Waals surface area contributed by atoms with Gasteiger partial charge in [0.2, 0.25) is 0 Å². The first-order chi connectivity index (χ1) is 9.75. The smallest absolute Gasteiger partial charge is 0.257 e. The van der Waals surface area contributed by atoms with Crippen molar-refractivity contribution in [3.8, 4) is 0 Å². The van der Waals surface area contributed by atoms with Crippen molar-refractivity contribution in [3.63, 3.8) is 0 Å². The molecule has 1 aliphatic heterocycles. The maximum atomic E-state index is 12.4. The zero-order valence-corrected chi connectivity index (χ0v) is 11.3. The van der Waals surface area contributed by atoms with Gasteiger partial charge in [-0.25, -0.2) is 0 Å². The Morgan fingerprint density at radius 1 is 1.15 bits per heavy atom. The Balaban J connectivity index is 2.00. The van der Waals surface area contributed by atoms with Crippen LogP contribution in [-0.2, 0) is 0 Å². The van der Waals surface area contributed by atoms with Gasteiger partial charge >= 0.3 is 0 Å². The second-order valence-corrected chi connectivity index (χ2v) is 5.59. The van der Waals surface area contributed by atoms with Crippen molar-refractivity contribution in [2.24, 2.45) is 5.92 Å². The third-order valence-electron chi connectivity index (χ3n) is 4.19. The van der Waals surface area contributed by atoms with E-state index in [4.69, 9.17) is 0 Å². The number of anilines is 1. The number of carbonyl (C=O) groups is 1. The van der Waals surface area contributed by atoms with Crippen molar-refractivity contribution in [1.82, 2.24) is 9.97 Å². The van der Waals surface area contributed by atoms with E-state index in [0.29, 0.717) is 11.5 Å². The summed E-state index contributed by atoms with van der Waals surface area (Å²) in [6, 6.07) is 5.61. The first-order valence-electron chi connectivity index (χ1n) is 6.97. The van der Waals surface area contributed by atoms with Gasteiger partial charge in [0.15, 0.2) is 0 Å². The second kappa shape index (κ2) is 4.13. The molecular formula is C16H15N3O. The van der Waals surface area contributed by atoms with Crippen molar-refractivity contribution in [1.29, 1.82) is 0 Å². The van der Waals surface area contributed by atoms with Gasteiger partial charge in [-0.2, -0.15) is 0 Å². The quantitative estimate of drug-likeness (QED) is 0.862. The lowest BCUT2D eigenvalue weighted by Gasteiger charge is -2.17. The topological polar surface area (TPSA) is 54.9 Å². The van der Waals surface area contributed by atoms with E-state index in [1.807, 2.05) is 31.3 Å². The minimum absolute atomic E-state index is 0.0754. The zero-order valence-electron chi connectivity index (χ0n) is 11.3. The van der Waals surface area contributed by atoms with Crippen LogP contribution in [0.4, 0.5) is 5.69 Å². The molecule has 2 aromatic rings. The maximum Gasteiger partial charge on any atom is 0.257 e. The van der Waals surface area contributed by atoms with Crippen LogP contribution in [-0.4, -0.2) is 15.9 Å². The Labute approximate surface area is 117 Å². The van der Waals surface area contributed by atoms with E-state index in [1.165, 1.54) is 12.8 Å². The minimum atomic E-state index is -0.0754. The van der Waals surface area contributed by atoms with Crippen LogP contribution in [0.3, 0.4) is 0 Å². The summed E-state index contributed by atoms with van der Waals surface area (Å²) >= 11 is 0. The van der Waals surface area contributed by atoms with Crippen molar-refractivity contribution >= 4 is 11.6 Å². The predicted molar refractivity (Wildman–Crippen MR) is 75.7 cm³/mol. The number of nitrogens with zero attached hydrogens (tertiary/aromatic N) is 2. The summed E-state index contributed by atoms with van der Waals surface area (Å²) in [4.78, 5) is 21.5. The lowest BCUT2D eigenvalue weighted by Crippen LogP contribution is -2.13. The monoisotopic (exact) mass is 265 g/mol. The summed E-state index contributed by atoms with van der Waals surface area (Å²) in [6.45, 7) is 2.01. The summed E-state index contributed by atoms with van der Waals surface area (Å²) in [7, 11) is 0. The molecule has 1 unspecified atom stereocenters. The van der Waals surface area contributed by atoms with E-state index in [2.05, 4.69) is 15.3 Å². The average Bonchev–Trinajstić information content (AvgIpc) is 3.27.